The van der Waals surface area contributed by atoms with Gasteiger partial charge in [-0.15, -0.1) is 0 Å². The van der Waals surface area contributed by atoms with Crippen molar-refractivity contribution in [3.05, 3.63) is 29.8 Å². The molecule has 2 aliphatic heterocycles. The number of ether oxygens (including phenoxy) is 1. The quantitative estimate of drug-likeness (QED) is 0.924. The van der Waals surface area contributed by atoms with Gasteiger partial charge in [-0.05, 0) is 37.5 Å². The van der Waals surface area contributed by atoms with E-state index in [2.05, 4.69) is 5.10 Å². The predicted molar refractivity (Wildman–Crippen MR) is 80.9 cm³/mol. The first kappa shape index (κ1) is 14.7. The lowest BCUT2D eigenvalue weighted by atomic mass is 9.76. The van der Waals surface area contributed by atoms with Gasteiger partial charge in [0.15, 0.2) is 0 Å². The minimum absolute atomic E-state index is 0.0146. The highest BCUT2D eigenvalue weighted by molar-refractivity contribution is 6.18. The maximum atomic E-state index is 12.8. The zero-order valence-electron chi connectivity index (χ0n) is 12.4. The van der Waals surface area contributed by atoms with Crippen LogP contribution in [0.5, 0.6) is 0 Å². The Labute approximate surface area is 128 Å². The number of amides is 1. The first-order valence-electron chi connectivity index (χ1n) is 7.32. The molecule has 1 aromatic carbocycles. The van der Waals surface area contributed by atoms with E-state index in [1.165, 1.54) is 5.01 Å². The lowest BCUT2D eigenvalue weighted by Gasteiger charge is -2.31. The molecule has 3 rings (SSSR count). The second kappa shape index (κ2) is 5.53. The maximum absolute atomic E-state index is 12.8. The van der Waals surface area contributed by atoms with Crippen molar-refractivity contribution >= 4 is 23.3 Å². The van der Waals surface area contributed by atoms with Crippen LogP contribution >= 0.6 is 0 Å². The lowest BCUT2D eigenvalue weighted by molar-refractivity contribution is -0.136. The fourth-order valence-corrected chi connectivity index (χ4v) is 3.05. The number of benzene rings is 1. The third-order valence-corrected chi connectivity index (χ3v) is 4.43. The zero-order valence-corrected chi connectivity index (χ0v) is 12.4. The van der Waals surface area contributed by atoms with Gasteiger partial charge in [0.1, 0.15) is 0 Å². The van der Waals surface area contributed by atoms with Gasteiger partial charge in [-0.2, -0.15) is 10.1 Å². The van der Waals surface area contributed by atoms with E-state index in [1.807, 2.05) is 6.92 Å². The summed E-state index contributed by atoms with van der Waals surface area (Å²) in [4.78, 5) is 23.5. The molecule has 0 atom stereocenters. The maximum Gasteiger partial charge on any atom is 0.307 e. The molecule has 0 aromatic heterocycles. The monoisotopic (exact) mass is 302 g/mol. The molecule has 0 unspecified atom stereocenters. The van der Waals surface area contributed by atoms with Crippen LogP contribution in [0.15, 0.2) is 29.4 Å². The van der Waals surface area contributed by atoms with E-state index in [4.69, 9.17) is 9.84 Å². The molecule has 0 radical (unpaired) electrons. The Hall–Kier alpha value is -2.21. The van der Waals surface area contributed by atoms with E-state index in [-0.39, 0.29) is 12.3 Å². The second-order valence-corrected chi connectivity index (χ2v) is 5.73. The van der Waals surface area contributed by atoms with Crippen molar-refractivity contribution in [2.45, 2.75) is 26.2 Å². The van der Waals surface area contributed by atoms with Crippen LogP contribution in [0, 0.1) is 5.41 Å². The van der Waals surface area contributed by atoms with Gasteiger partial charge in [0.2, 0.25) is 0 Å². The summed E-state index contributed by atoms with van der Waals surface area (Å²) in [5.74, 6) is -0.890. The molecule has 6 heteroatoms. The summed E-state index contributed by atoms with van der Waals surface area (Å²) in [6, 6.07) is 6.92. The number of carboxylic acids is 1. The van der Waals surface area contributed by atoms with Crippen LogP contribution in [0.2, 0.25) is 0 Å². The number of hydrogen-bond acceptors (Lipinski definition) is 4. The molecule has 0 bridgehead atoms. The highest BCUT2D eigenvalue weighted by atomic mass is 16.5. The molecular weight excluding hydrogens is 284 g/mol. The number of nitrogens with zero attached hydrogens (tertiary/aromatic N) is 2. The summed E-state index contributed by atoms with van der Waals surface area (Å²) in [5.41, 5.74) is 1.67. The van der Waals surface area contributed by atoms with E-state index >= 15 is 0 Å². The predicted octanol–water partition coefficient (Wildman–Crippen LogP) is 1.83. The van der Waals surface area contributed by atoms with Gasteiger partial charge in [0.25, 0.3) is 5.91 Å². The fraction of sp³-hybridized carbons (Fsp3) is 0.438. The van der Waals surface area contributed by atoms with E-state index in [9.17, 15) is 9.59 Å². The van der Waals surface area contributed by atoms with Crippen LogP contribution in [0.4, 0.5) is 5.69 Å². The second-order valence-electron chi connectivity index (χ2n) is 5.73. The van der Waals surface area contributed by atoms with Crippen molar-refractivity contribution < 1.29 is 19.4 Å². The number of aliphatic carboxylic acids is 1. The number of carbonyl (C=O) groups is 2. The van der Waals surface area contributed by atoms with E-state index in [0.29, 0.717) is 37.3 Å². The summed E-state index contributed by atoms with van der Waals surface area (Å²) in [6.45, 7) is 3.04. The Balaban J connectivity index is 1.84. The summed E-state index contributed by atoms with van der Waals surface area (Å²) in [5, 5.41) is 14.7. The Kier molecular flexibility index (Phi) is 3.70. The van der Waals surface area contributed by atoms with Gasteiger partial charge in [-0.25, -0.2) is 0 Å². The van der Waals surface area contributed by atoms with Crippen molar-refractivity contribution in [1.82, 2.24) is 0 Å². The van der Waals surface area contributed by atoms with Crippen LogP contribution in [0.3, 0.4) is 0 Å². The molecule has 1 aromatic rings. The first-order chi connectivity index (χ1) is 10.5. The van der Waals surface area contributed by atoms with Crippen molar-refractivity contribution in [2.75, 3.05) is 18.2 Å². The van der Waals surface area contributed by atoms with Gasteiger partial charge < -0.3 is 9.84 Å². The van der Waals surface area contributed by atoms with Crippen LogP contribution in [0.1, 0.15) is 25.3 Å². The fourth-order valence-electron chi connectivity index (χ4n) is 3.05. The summed E-state index contributed by atoms with van der Waals surface area (Å²) < 4.78 is 5.37. The molecule has 6 nitrogen and oxygen atoms in total. The first-order valence-corrected chi connectivity index (χ1v) is 7.32. The minimum atomic E-state index is -0.875. The molecule has 1 saturated heterocycles. The van der Waals surface area contributed by atoms with Gasteiger partial charge >= 0.3 is 5.97 Å². The summed E-state index contributed by atoms with van der Waals surface area (Å²) in [6.07, 6.45) is 1.29. The summed E-state index contributed by atoms with van der Waals surface area (Å²) in [7, 11) is 0. The van der Waals surface area contributed by atoms with Crippen LogP contribution in [0.25, 0.3) is 0 Å². The normalized spacial score (nSPS) is 20.3. The molecule has 22 heavy (non-hydrogen) atoms. The number of hydrazone groups is 1. The van der Waals surface area contributed by atoms with Crippen molar-refractivity contribution in [1.29, 1.82) is 0 Å². The molecule has 1 N–H and O–H groups in total. The SMILES string of the molecule is CC1=NN(c2ccc(CC(=O)O)cc2)C(=O)C12CCOCC2. The van der Waals surface area contributed by atoms with Crippen molar-refractivity contribution in [2.24, 2.45) is 10.5 Å². The smallest absolute Gasteiger partial charge is 0.307 e. The number of rotatable bonds is 3. The van der Waals surface area contributed by atoms with E-state index < -0.39 is 11.4 Å². The largest absolute Gasteiger partial charge is 0.481 e. The molecule has 116 valence electrons. The molecule has 2 heterocycles. The minimum Gasteiger partial charge on any atom is -0.481 e. The molecule has 1 fully saturated rings. The number of anilines is 1. The third-order valence-electron chi connectivity index (χ3n) is 4.43. The van der Waals surface area contributed by atoms with Crippen molar-refractivity contribution in [3.63, 3.8) is 0 Å². The zero-order chi connectivity index (χ0) is 15.7. The molecule has 2 aliphatic rings. The van der Waals surface area contributed by atoms with Crippen molar-refractivity contribution in [3.8, 4) is 0 Å². The lowest BCUT2D eigenvalue weighted by Crippen LogP contribution is -2.43. The van der Waals surface area contributed by atoms with Gasteiger partial charge in [0, 0.05) is 13.2 Å². The average molecular weight is 302 g/mol. The standard InChI is InChI=1S/C16H18N2O4/c1-11-16(6-8-22-9-7-16)15(21)18(17-11)13-4-2-12(3-5-13)10-14(19)20/h2-5H,6-10H2,1H3,(H,19,20). The molecular formula is C16H18N2O4. The number of carbonyl (C=O) groups excluding carboxylic acids is 1. The molecule has 0 aliphatic carbocycles. The van der Waals surface area contributed by atoms with Gasteiger partial charge in [-0.1, -0.05) is 12.1 Å². The Bertz CT molecular complexity index is 630. The van der Waals surface area contributed by atoms with Crippen LogP contribution in [-0.4, -0.2) is 35.9 Å². The van der Waals surface area contributed by atoms with Crippen LogP contribution < -0.4 is 5.01 Å². The van der Waals surface area contributed by atoms with Gasteiger partial charge in [-0.3, -0.25) is 9.59 Å². The molecule has 1 spiro atoms. The van der Waals surface area contributed by atoms with Gasteiger partial charge in [0.05, 0.1) is 23.2 Å². The molecule has 0 saturated carbocycles. The van der Waals surface area contributed by atoms with Crippen LogP contribution in [-0.2, 0) is 20.7 Å². The number of hydrogen-bond donors (Lipinski definition) is 1. The Morgan fingerprint density at radius 2 is 1.95 bits per heavy atom. The van der Waals surface area contributed by atoms with E-state index in [0.717, 1.165) is 5.71 Å². The summed E-state index contributed by atoms with van der Waals surface area (Å²) >= 11 is 0. The Morgan fingerprint density at radius 3 is 2.55 bits per heavy atom. The number of carboxylic acid groups (broad SMARTS) is 1. The molecule has 1 amide bonds. The topological polar surface area (TPSA) is 79.2 Å². The third kappa shape index (κ3) is 2.39. The van der Waals surface area contributed by atoms with E-state index in [1.54, 1.807) is 24.3 Å². The highest BCUT2D eigenvalue weighted by Crippen LogP contribution is 2.40. The Morgan fingerprint density at radius 1 is 1.32 bits per heavy atom. The highest BCUT2D eigenvalue weighted by Gasteiger charge is 2.50. The average Bonchev–Trinajstić information content (AvgIpc) is 2.74.